The van der Waals surface area contributed by atoms with Gasteiger partial charge in [0, 0.05) is 6.07 Å². The number of oxime groups is 1. The Morgan fingerprint density at radius 2 is 2.00 bits per heavy atom. The van der Waals surface area contributed by atoms with Crippen LogP contribution in [0, 0.1) is 0 Å². The number of methoxy groups -OCH3 is 1. The second-order valence-electron chi connectivity index (χ2n) is 3.34. The van der Waals surface area contributed by atoms with Crippen LogP contribution in [0.1, 0.15) is 16.1 Å². The number of benzene rings is 1. The summed E-state index contributed by atoms with van der Waals surface area (Å²) in [6, 6.07) is 11.9. The molecule has 0 fully saturated rings. The van der Waals surface area contributed by atoms with Gasteiger partial charge in [0.2, 0.25) is 0 Å². The van der Waals surface area contributed by atoms with E-state index in [1.165, 1.54) is 13.3 Å². The number of hydrogen-bond donors (Lipinski definition) is 0. The molecule has 0 amide bonds. The summed E-state index contributed by atoms with van der Waals surface area (Å²) in [6.07, 6.45) is 1.30. The van der Waals surface area contributed by atoms with E-state index in [1.807, 2.05) is 6.07 Å². The molecule has 1 aromatic carbocycles. The Hall–Kier alpha value is -2.56. The van der Waals surface area contributed by atoms with Gasteiger partial charge in [-0.2, -0.15) is 0 Å². The fourth-order valence-electron chi connectivity index (χ4n) is 1.27. The fourth-order valence-corrected chi connectivity index (χ4v) is 1.27. The number of rotatable bonds is 4. The Morgan fingerprint density at radius 1 is 1.22 bits per heavy atom. The van der Waals surface area contributed by atoms with E-state index in [0.717, 1.165) is 0 Å². The van der Waals surface area contributed by atoms with Crippen molar-refractivity contribution in [3.05, 3.63) is 53.8 Å². The molecule has 0 atom stereocenters. The first-order valence-electron chi connectivity index (χ1n) is 5.23. The topological polar surface area (TPSA) is 61.0 Å². The van der Waals surface area contributed by atoms with E-state index in [9.17, 15) is 4.79 Å². The Morgan fingerprint density at radius 3 is 2.67 bits per heavy atom. The summed E-state index contributed by atoms with van der Waals surface area (Å²) >= 11 is 0. The van der Waals surface area contributed by atoms with Crippen molar-refractivity contribution >= 4 is 12.2 Å². The van der Waals surface area contributed by atoms with E-state index in [2.05, 4.69) is 5.16 Å². The molecule has 1 aromatic heterocycles. The molecule has 2 rings (SSSR count). The molecule has 0 saturated carbocycles. The van der Waals surface area contributed by atoms with E-state index in [4.69, 9.17) is 14.0 Å². The minimum Gasteiger partial charge on any atom is -0.468 e. The van der Waals surface area contributed by atoms with Crippen molar-refractivity contribution < 1.29 is 18.8 Å². The lowest BCUT2D eigenvalue weighted by Gasteiger charge is -1.95. The Bertz CT molecular complexity index is 545. The minimum atomic E-state index is -0.523. The van der Waals surface area contributed by atoms with E-state index >= 15 is 0 Å². The summed E-state index contributed by atoms with van der Waals surface area (Å²) < 4.78 is 10.0. The van der Waals surface area contributed by atoms with Gasteiger partial charge in [0.15, 0.2) is 5.76 Å². The average molecular weight is 245 g/mol. The molecule has 18 heavy (non-hydrogen) atoms. The standard InChI is InChI=1S/C13H11NO4/c1-16-12-8-7-11(17-12)9-14-18-13(15)10-5-3-2-4-6-10/h2-9H,1H3/b14-9-. The van der Waals surface area contributed by atoms with Gasteiger partial charge in [-0.3, -0.25) is 0 Å². The predicted octanol–water partition coefficient (Wildman–Crippen LogP) is 2.48. The van der Waals surface area contributed by atoms with Gasteiger partial charge in [0.1, 0.15) is 6.21 Å². The first-order chi connectivity index (χ1) is 8.79. The van der Waals surface area contributed by atoms with Crippen LogP contribution in [0.2, 0.25) is 0 Å². The molecular formula is C13H11NO4. The molecule has 0 spiro atoms. The monoisotopic (exact) mass is 245 g/mol. The highest BCUT2D eigenvalue weighted by molar-refractivity contribution is 5.89. The van der Waals surface area contributed by atoms with Gasteiger partial charge in [-0.1, -0.05) is 23.4 Å². The van der Waals surface area contributed by atoms with Crippen LogP contribution < -0.4 is 4.74 Å². The van der Waals surface area contributed by atoms with Gasteiger partial charge < -0.3 is 14.0 Å². The van der Waals surface area contributed by atoms with Gasteiger partial charge >= 0.3 is 5.97 Å². The van der Waals surface area contributed by atoms with Crippen molar-refractivity contribution in [3.8, 4) is 5.95 Å². The van der Waals surface area contributed by atoms with Crippen molar-refractivity contribution in [2.75, 3.05) is 7.11 Å². The maximum atomic E-state index is 11.5. The Balaban J connectivity index is 1.93. The highest BCUT2D eigenvalue weighted by atomic mass is 16.7. The molecule has 0 aliphatic heterocycles. The molecule has 0 saturated heterocycles. The molecule has 5 heteroatoms. The average Bonchev–Trinajstić information content (AvgIpc) is 2.87. The quantitative estimate of drug-likeness (QED) is 0.471. The highest BCUT2D eigenvalue weighted by Gasteiger charge is 2.05. The number of furan rings is 1. The van der Waals surface area contributed by atoms with Crippen molar-refractivity contribution in [2.24, 2.45) is 5.16 Å². The van der Waals surface area contributed by atoms with E-state index < -0.39 is 5.97 Å². The first-order valence-corrected chi connectivity index (χ1v) is 5.23. The third-order valence-electron chi connectivity index (χ3n) is 2.13. The maximum Gasteiger partial charge on any atom is 0.365 e. The number of carbonyl (C=O) groups excluding carboxylic acids is 1. The van der Waals surface area contributed by atoms with E-state index in [-0.39, 0.29) is 0 Å². The van der Waals surface area contributed by atoms with Crippen LogP contribution in [0.4, 0.5) is 0 Å². The van der Waals surface area contributed by atoms with Crippen molar-refractivity contribution in [1.29, 1.82) is 0 Å². The summed E-state index contributed by atoms with van der Waals surface area (Å²) in [5.74, 6) is 0.281. The normalized spacial score (nSPS) is 10.5. The lowest BCUT2D eigenvalue weighted by Crippen LogP contribution is -2.00. The molecule has 0 unspecified atom stereocenters. The number of carbonyl (C=O) groups is 1. The highest BCUT2D eigenvalue weighted by Crippen LogP contribution is 2.13. The van der Waals surface area contributed by atoms with Crippen LogP contribution in [0.5, 0.6) is 5.95 Å². The van der Waals surface area contributed by atoms with Crippen LogP contribution in [-0.2, 0) is 4.84 Å². The second-order valence-corrected chi connectivity index (χ2v) is 3.34. The van der Waals surface area contributed by atoms with Gasteiger partial charge in [-0.05, 0) is 18.2 Å². The summed E-state index contributed by atoms with van der Waals surface area (Å²) in [4.78, 5) is 16.2. The molecule has 5 nitrogen and oxygen atoms in total. The van der Waals surface area contributed by atoms with Crippen LogP contribution in [0.3, 0.4) is 0 Å². The molecule has 0 radical (unpaired) electrons. The molecule has 92 valence electrons. The largest absolute Gasteiger partial charge is 0.468 e. The van der Waals surface area contributed by atoms with E-state index in [0.29, 0.717) is 17.3 Å². The lowest BCUT2D eigenvalue weighted by atomic mass is 10.2. The molecular weight excluding hydrogens is 234 g/mol. The van der Waals surface area contributed by atoms with Gasteiger partial charge in [0.25, 0.3) is 5.95 Å². The fraction of sp³-hybridized carbons (Fsp3) is 0.0769. The number of hydrogen-bond acceptors (Lipinski definition) is 5. The summed E-state index contributed by atoms with van der Waals surface area (Å²) in [6.45, 7) is 0. The van der Waals surface area contributed by atoms with Crippen LogP contribution in [-0.4, -0.2) is 19.3 Å². The van der Waals surface area contributed by atoms with Crippen molar-refractivity contribution in [3.63, 3.8) is 0 Å². The predicted molar refractivity (Wildman–Crippen MR) is 64.7 cm³/mol. The van der Waals surface area contributed by atoms with Crippen molar-refractivity contribution in [1.82, 2.24) is 0 Å². The van der Waals surface area contributed by atoms with Crippen LogP contribution >= 0.6 is 0 Å². The van der Waals surface area contributed by atoms with Crippen molar-refractivity contribution in [2.45, 2.75) is 0 Å². The van der Waals surface area contributed by atoms with Gasteiger partial charge in [0.05, 0.1) is 12.7 Å². The molecule has 0 aliphatic carbocycles. The first kappa shape index (κ1) is 11.9. The number of ether oxygens (including phenoxy) is 1. The second kappa shape index (κ2) is 5.67. The molecule has 2 aromatic rings. The summed E-state index contributed by atoms with van der Waals surface area (Å²) in [7, 11) is 1.50. The Kier molecular flexibility index (Phi) is 3.76. The third kappa shape index (κ3) is 2.98. The maximum absolute atomic E-state index is 11.5. The zero-order valence-electron chi connectivity index (χ0n) is 9.70. The minimum absolute atomic E-state index is 0.367. The van der Waals surface area contributed by atoms with Gasteiger partial charge in [-0.15, -0.1) is 0 Å². The zero-order valence-corrected chi connectivity index (χ0v) is 9.70. The smallest absolute Gasteiger partial charge is 0.365 e. The van der Waals surface area contributed by atoms with Gasteiger partial charge in [-0.25, -0.2) is 4.79 Å². The summed E-state index contributed by atoms with van der Waals surface area (Å²) in [5, 5.41) is 3.54. The number of nitrogens with zero attached hydrogens (tertiary/aromatic N) is 1. The van der Waals surface area contributed by atoms with E-state index in [1.54, 1.807) is 36.4 Å². The molecule has 0 N–H and O–H groups in total. The molecule has 0 bridgehead atoms. The summed E-state index contributed by atoms with van der Waals surface area (Å²) in [5.41, 5.74) is 0.437. The van der Waals surface area contributed by atoms with Crippen LogP contribution in [0.25, 0.3) is 0 Å². The molecule has 0 aliphatic rings. The third-order valence-corrected chi connectivity index (χ3v) is 2.13. The SMILES string of the molecule is COc1ccc(/C=N\OC(=O)c2ccccc2)o1. The lowest BCUT2D eigenvalue weighted by molar-refractivity contribution is 0.0519. The van der Waals surface area contributed by atoms with Crippen LogP contribution in [0.15, 0.2) is 52.0 Å². The molecule has 1 heterocycles. The Labute approximate surface area is 104 Å². The zero-order chi connectivity index (χ0) is 12.8.